The molecule has 0 radical (unpaired) electrons. The van der Waals surface area contributed by atoms with Crippen molar-refractivity contribution in [1.29, 1.82) is 0 Å². The lowest BCUT2D eigenvalue weighted by Gasteiger charge is -2.08. The monoisotopic (exact) mass is 295 g/mol. The zero-order valence-corrected chi connectivity index (χ0v) is 12.3. The number of rotatable bonds is 5. The Morgan fingerprint density at radius 3 is 2.85 bits per heavy atom. The van der Waals surface area contributed by atoms with Crippen LogP contribution in [0.2, 0.25) is 0 Å². The average Bonchev–Trinajstić information content (AvgIpc) is 2.86. The van der Waals surface area contributed by atoms with Crippen molar-refractivity contribution in [3.05, 3.63) is 17.7 Å². The second-order valence-electron chi connectivity index (χ2n) is 3.91. The fourth-order valence-electron chi connectivity index (χ4n) is 1.68. The van der Waals surface area contributed by atoms with Gasteiger partial charge in [-0.3, -0.25) is 5.43 Å². The number of hydrogen-bond donors (Lipinski definition) is 2. The Kier molecular flexibility index (Phi) is 5.00. The van der Waals surface area contributed by atoms with Crippen LogP contribution >= 0.6 is 12.2 Å². The molecule has 0 atom stereocenters. The first-order valence-corrected chi connectivity index (χ1v) is 6.78. The molecule has 0 unspecified atom stereocenters. The summed E-state index contributed by atoms with van der Waals surface area (Å²) in [6, 6.07) is 3.63. The van der Waals surface area contributed by atoms with Crippen LogP contribution < -0.4 is 25.0 Å². The smallest absolute Gasteiger partial charge is 0.231 e. The summed E-state index contributed by atoms with van der Waals surface area (Å²) in [6.07, 6.45) is 1.64. The van der Waals surface area contributed by atoms with Crippen LogP contribution in [0.25, 0.3) is 0 Å². The van der Waals surface area contributed by atoms with Crippen molar-refractivity contribution in [2.75, 3.05) is 19.9 Å². The molecule has 1 aromatic rings. The van der Waals surface area contributed by atoms with E-state index >= 15 is 0 Å². The zero-order valence-electron chi connectivity index (χ0n) is 11.4. The molecule has 0 aliphatic carbocycles. The van der Waals surface area contributed by atoms with Gasteiger partial charge < -0.3 is 19.5 Å². The van der Waals surface area contributed by atoms with Crippen LogP contribution in [0.4, 0.5) is 0 Å². The maximum atomic E-state index is 5.56. The first-order chi connectivity index (χ1) is 9.74. The van der Waals surface area contributed by atoms with Gasteiger partial charge in [-0.25, -0.2) is 0 Å². The van der Waals surface area contributed by atoms with Crippen LogP contribution in [0.3, 0.4) is 0 Å². The summed E-state index contributed by atoms with van der Waals surface area (Å²) in [4.78, 5) is 0. The summed E-state index contributed by atoms with van der Waals surface area (Å²) in [5, 5.41) is 7.49. The standard InChI is InChI=1S/C13H17N3O3S/c1-3-14-13(20)16-15-7-9-5-11-12(19-8-18-11)6-10(9)17-4-2/h5-7H,3-4,8H2,1-2H3,(H2,14,16,20)/b15-7-. The predicted molar refractivity (Wildman–Crippen MR) is 80.7 cm³/mol. The number of benzene rings is 1. The molecule has 20 heavy (non-hydrogen) atoms. The van der Waals surface area contributed by atoms with E-state index in [2.05, 4.69) is 15.8 Å². The summed E-state index contributed by atoms with van der Waals surface area (Å²) in [5.41, 5.74) is 3.53. The second-order valence-corrected chi connectivity index (χ2v) is 4.31. The van der Waals surface area contributed by atoms with Gasteiger partial charge in [-0.15, -0.1) is 0 Å². The molecule has 7 heteroatoms. The van der Waals surface area contributed by atoms with E-state index in [1.165, 1.54) is 0 Å². The molecule has 2 rings (SSSR count). The minimum absolute atomic E-state index is 0.226. The first-order valence-electron chi connectivity index (χ1n) is 6.38. The molecule has 0 saturated heterocycles. The molecule has 1 aliphatic heterocycles. The molecule has 1 heterocycles. The van der Waals surface area contributed by atoms with E-state index in [-0.39, 0.29) is 6.79 Å². The molecule has 0 saturated carbocycles. The Bertz CT molecular complexity index is 520. The van der Waals surface area contributed by atoms with Crippen molar-refractivity contribution in [3.8, 4) is 17.2 Å². The quantitative estimate of drug-likeness (QED) is 0.489. The maximum Gasteiger partial charge on any atom is 0.231 e. The third kappa shape index (κ3) is 3.51. The Hall–Kier alpha value is -2.02. The van der Waals surface area contributed by atoms with Crippen molar-refractivity contribution < 1.29 is 14.2 Å². The summed E-state index contributed by atoms with van der Waals surface area (Å²) in [5.74, 6) is 2.06. The zero-order chi connectivity index (χ0) is 14.4. The van der Waals surface area contributed by atoms with Crippen molar-refractivity contribution in [3.63, 3.8) is 0 Å². The van der Waals surface area contributed by atoms with Crippen molar-refractivity contribution in [1.82, 2.24) is 10.7 Å². The average molecular weight is 295 g/mol. The maximum absolute atomic E-state index is 5.56. The number of fused-ring (bicyclic) bond motifs is 1. The minimum atomic E-state index is 0.226. The van der Waals surface area contributed by atoms with E-state index in [4.69, 9.17) is 26.4 Å². The van der Waals surface area contributed by atoms with E-state index in [1.54, 1.807) is 12.3 Å². The van der Waals surface area contributed by atoms with Crippen LogP contribution in [0.1, 0.15) is 19.4 Å². The fourth-order valence-corrected chi connectivity index (χ4v) is 1.88. The lowest BCUT2D eigenvalue weighted by molar-refractivity contribution is 0.174. The summed E-state index contributed by atoms with van der Waals surface area (Å²) >= 11 is 5.02. The molecule has 108 valence electrons. The molecule has 0 bridgehead atoms. The molecule has 0 spiro atoms. The minimum Gasteiger partial charge on any atom is -0.493 e. The van der Waals surface area contributed by atoms with Gasteiger partial charge in [-0.05, 0) is 32.1 Å². The van der Waals surface area contributed by atoms with E-state index in [0.29, 0.717) is 29.0 Å². The second kappa shape index (κ2) is 6.95. The van der Waals surface area contributed by atoms with Crippen molar-refractivity contribution in [2.24, 2.45) is 5.10 Å². The van der Waals surface area contributed by atoms with Gasteiger partial charge in [0.15, 0.2) is 16.6 Å². The highest BCUT2D eigenvalue weighted by Gasteiger charge is 2.17. The Morgan fingerprint density at radius 2 is 2.15 bits per heavy atom. The molecule has 1 aromatic carbocycles. The molecule has 6 nitrogen and oxygen atoms in total. The predicted octanol–water partition coefficient (Wildman–Crippen LogP) is 1.63. The number of nitrogens with one attached hydrogen (secondary N) is 2. The topological polar surface area (TPSA) is 64.1 Å². The van der Waals surface area contributed by atoms with Gasteiger partial charge in [0, 0.05) is 18.2 Å². The van der Waals surface area contributed by atoms with E-state index < -0.39 is 0 Å². The summed E-state index contributed by atoms with van der Waals surface area (Å²) < 4.78 is 16.2. The molecule has 1 aliphatic rings. The van der Waals surface area contributed by atoms with Crippen LogP contribution in [-0.2, 0) is 0 Å². The third-order valence-electron chi connectivity index (χ3n) is 2.51. The SMILES string of the molecule is CCNC(=S)N/N=C\c1cc2c(cc1OCC)OCO2. The van der Waals surface area contributed by atoms with Crippen LogP contribution in [-0.4, -0.2) is 31.3 Å². The number of nitrogens with zero attached hydrogens (tertiary/aromatic N) is 1. The van der Waals surface area contributed by atoms with Crippen molar-refractivity contribution >= 4 is 23.5 Å². The lowest BCUT2D eigenvalue weighted by Crippen LogP contribution is -2.31. The third-order valence-corrected chi connectivity index (χ3v) is 2.75. The molecule has 2 N–H and O–H groups in total. The normalized spacial score (nSPS) is 12.5. The molecular formula is C13H17N3O3S. The fraction of sp³-hybridized carbons (Fsp3) is 0.385. The van der Waals surface area contributed by atoms with Gasteiger partial charge in [0.25, 0.3) is 0 Å². The van der Waals surface area contributed by atoms with E-state index in [0.717, 1.165) is 12.1 Å². The summed E-state index contributed by atoms with van der Waals surface area (Å²) in [6.45, 7) is 5.41. The van der Waals surface area contributed by atoms with Crippen LogP contribution in [0, 0.1) is 0 Å². The number of hydrazone groups is 1. The first kappa shape index (κ1) is 14.4. The van der Waals surface area contributed by atoms with Gasteiger partial charge in [0.05, 0.1) is 12.8 Å². The van der Waals surface area contributed by atoms with E-state index in [1.807, 2.05) is 19.9 Å². The molecule has 0 fully saturated rings. The lowest BCUT2D eigenvalue weighted by atomic mass is 10.2. The number of thiocarbonyl (C=S) groups is 1. The van der Waals surface area contributed by atoms with Gasteiger partial charge in [0.1, 0.15) is 5.75 Å². The highest BCUT2D eigenvalue weighted by Crippen LogP contribution is 2.37. The molecular weight excluding hydrogens is 278 g/mol. The Balaban J connectivity index is 2.13. The van der Waals surface area contributed by atoms with Crippen molar-refractivity contribution in [2.45, 2.75) is 13.8 Å². The number of hydrogen-bond acceptors (Lipinski definition) is 5. The van der Waals surface area contributed by atoms with Crippen LogP contribution in [0.5, 0.6) is 17.2 Å². The highest BCUT2D eigenvalue weighted by molar-refractivity contribution is 7.80. The van der Waals surface area contributed by atoms with Gasteiger partial charge in [0.2, 0.25) is 6.79 Å². The van der Waals surface area contributed by atoms with Crippen LogP contribution in [0.15, 0.2) is 17.2 Å². The largest absolute Gasteiger partial charge is 0.493 e. The van der Waals surface area contributed by atoms with Gasteiger partial charge in [-0.1, -0.05) is 0 Å². The van der Waals surface area contributed by atoms with E-state index in [9.17, 15) is 0 Å². The summed E-state index contributed by atoms with van der Waals surface area (Å²) in [7, 11) is 0. The number of ether oxygens (including phenoxy) is 3. The molecule has 0 aromatic heterocycles. The molecule has 0 amide bonds. The highest BCUT2D eigenvalue weighted by atomic mass is 32.1. The Labute approximate surface area is 123 Å². The van der Waals surface area contributed by atoms with Gasteiger partial charge >= 0.3 is 0 Å². The van der Waals surface area contributed by atoms with Gasteiger partial charge in [-0.2, -0.15) is 5.10 Å². The Morgan fingerprint density at radius 1 is 1.40 bits per heavy atom.